The lowest BCUT2D eigenvalue weighted by Gasteiger charge is -2.22. The summed E-state index contributed by atoms with van der Waals surface area (Å²) in [6, 6.07) is 76.9. The third-order valence-corrected chi connectivity index (χ3v) is 13.7. The van der Waals surface area contributed by atoms with Gasteiger partial charge in [-0.05, 0) is 98.4 Å². The highest BCUT2D eigenvalue weighted by atomic mass is 127. The second kappa shape index (κ2) is 15.7. The fraction of sp³-hybridized carbons (Fsp3) is 0.0339. The Balaban J connectivity index is 1.13. The monoisotopic (exact) mass is 932 g/mol. The Kier molecular flexibility index (Phi) is 9.38. The average molecular weight is 933 g/mol. The molecule has 10 aromatic carbocycles. The molecule has 0 aliphatic rings. The van der Waals surface area contributed by atoms with E-state index in [1.54, 1.807) is 0 Å². The van der Waals surface area contributed by atoms with Crippen molar-refractivity contribution in [2.24, 2.45) is 4.99 Å². The highest BCUT2D eigenvalue weighted by Crippen LogP contribution is 2.45. The summed E-state index contributed by atoms with van der Waals surface area (Å²) in [7, 11) is 0. The molecule has 0 fully saturated rings. The van der Waals surface area contributed by atoms with E-state index in [9.17, 15) is 0 Å². The Morgan fingerprint density at radius 2 is 1.11 bits per heavy atom. The van der Waals surface area contributed by atoms with Gasteiger partial charge in [-0.2, -0.15) is 0 Å². The van der Waals surface area contributed by atoms with Gasteiger partial charge in [0.1, 0.15) is 9.88 Å². The molecule has 5 heteroatoms. The van der Waals surface area contributed by atoms with E-state index in [-0.39, 0.29) is 6.17 Å². The minimum atomic E-state index is -0.372. The molecule has 2 aromatic heterocycles. The number of aromatic nitrogens is 2. The van der Waals surface area contributed by atoms with Gasteiger partial charge in [-0.1, -0.05) is 182 Å². The lowest BCUT2D eigenvalue weighted by atomic mass is 10.00. The molecule has 12 rings (SSSR count). The second-order valence-electron chi connectivity index (χ2n) is 16.4. The molecule has 1 unspecified atom stereocenters. The first kappa shape index (κ1) is 38.2. The molecule has 0 aliphatic carbocycles. The maximum absolute atomic E-state index is 5.45. The molecule has 1 atom stereocenters. The van der Waals surface area contributed by atoms with Gasteiger partial charge >= 0.3 is 0 Å². The van der Waals surface area contributed by atoms with Gasteiger partial charge < -0.3 is 14.5 Å². The van der Waals surface area contributed by atoms with Gasteiger partial charge in [-0.25, -0.2) is 4.99 Å². The van der Waals surface area contributed by atoms with E-state index in [1.165, 1.54) is 54.1 Å². The predicted molar refractivity (Wildman–Crippen MR) is 281 cm³/mol. The first-order chi connectivity index (χ1) is 31.6. The molecule has 64 heavy (non-hydrogen) atoms. The zero-order valence-corrected chi connectivity index (χ0v) is 37.2. The highest BCUT2D eigenvalue weighted by molar-refractivity contribution is 14.1. The normalized spacial score (nSPS) is 13.0. The Labute approximate surface area is 384 Å². The Bertz CT molecular complexity index is 3840. The summed E-state index contributed by atoms with van der Waals surface area (Å²) < 4.78 is 5.93. The maximum Gasteiger partial charge on any atom is 0.146 e. The van der Waals surface area contributed by atoms with E-state index in [4.69, 9.17) is 4.99 Å². The van der Waals surface area contributed by atoms with Crippen molar-refractivity contribution in [2.75, 3.05) is 0 Å². The molecule has 304 valence electrons. The van der Waals surface area contributed by atoms with Crippen LogP contribution in [-0.2, 0) is 0 Å². The first-order valence-electron chi connectivity index (χ1n) is 21.8. The molecule has 2 heterocycles. The number of nitrogens with zero attached hydrogens (tertiary/aromatic N) is 3. The van der Waals surface area contributed by atoms with Crippen molar-refractivity contribution in [3.8, 4) is 11.4 Å². The molecule has 0 bridgehead atoms. The summed E-state index contributed by atoms with van der Waals surface area (Å²) in [4.78, 5) is 5.45. The topological polar surface area (TPSA) is 34.2 Å². The zero-order chi connectivity index (χ0) is 42.7. The number of hydrogen-bond donors (Lipinski definition) is 1. The molecule has 0 saturated carbocycles. The van der Waals surface area contributed by atoms with Crippen molar-refractivity contribution in [1.29, 1.82) is 0 Å². The third kappa shape index (κ3) is 6.21. The lowest BCUT2D eigenvalue weighted by Crippen LogP contribution is -2.20. The highest BCUT2D eigenvalue weighted by Gasteiger charge is 2.24. The Hall–Kier alpha value is -7.48. The molecule has 4 nitrogen and oxygen atoms in total. The molecule has 0 amide bonds. The fourth-order valence-electron chi connectivity index (χ4n) is 9.96. The van der Waals surface area contributed by atoms with Crippen molar-refractivity contribution < 1.29 is 0 Å². The smallest absolute Gasteiger partial charge is 0.146 e. The summed E-state index contributed by atoms with van der Waals surface area (Å²) in [6.45, 7) is 2.08. The molecule has 0 radical (unpaired) electrons. The fourth-order valence-corrected chi connectivity index (χ4v) is 10.6. The van der Waals surface area contributed by atoms with Gasteiger partial charge in [0.2, 0.25) is 0 Å². The minimum absolute atomic E-state index is 0.372. The van der Waals surface area contributed by atoms with Crippen LogP contribution in [0.1, 0.15) is 29.8 Å². The van der Waals surface area contributed by atoms with Crippen LogP contribution < -0.4 is 5.32 Å². The number of hydrogen-bond acceptors (Lipinski definition) is 2. The van der Waals surface area contributed by atoms with Crippen LogP contribution >= 0.6 is 22.6 Å². The average Bonchev–Trinajstić information content (AvgIpc) is 3.88. The third-order valence-electron chi connectivity index (χ3n) is 12.8. The van der Waals surface area contributed by atoms with Crippen LogP contribution in [0.5, 0.6) is 0 Å². The number of nitrogens with one attached hydrogen (secondary N) is 1. The van der Waals surface area contributed by atoms with Crippen LogP contribution in [0.25, 0.3) is 93.0 Å². The summed E-state index contributed by atoms with van der Waals surface area (Å²) in [5.74, 6) is 0. The van der Waals surface area contributed by atoms with E-state index in [0.717, 1.165) is 59.3 Å². The maximum atomic E-state index is 5.45. The molecule has 0 saturated heterocycles. The summed E-state index contributed by atoms with van der Waals surface area (Å²) in [5, 5.41) is 16.1. The number of fused-ring (bicyclic) bond motifs is 11. The van der Waals surface area contributed by atoms with Gasteiger partial charge in [-0.15, -0.1) is 0 Å². The van der Waals surface area contributed by atoms with Crippen LogP contribution in [-0.4, -0.2) is 12.9 Å². The second-order valence-corrected chi connectivity index (χ2v) is 17.4. The number of rotatable bonds is 8. The van der Waals surface area contributed by atoms with Crippen molar-refractivity contribution in [3.63, 3.8) is 0 Å². The quantitative estimate of drug-likeness (QED) is 0.120. The van der Waals surface area contributed by atoms with E-state index in [2.05, 4.69) is 256 Å². The Morgan fingerprint density at radius 3 is 1.92 bits per heavy atom. The van der Waals surface area contributed by atoms with Crippen molar-refractivity contribution in [1.82, 2.24) is 14.5 Å². The van der Waals surface area contributed by atoms with Gasteiger partial charge in [0.05, 0.1) is 27.8 Å². The standard InChI is InChI=1S/C59H41IN4/c1-2-50(40-19-5-3-6-20-40)61-59(62-58(60)41-21-7-4-8-22-41)47-28-15-27-46-45(47)26-16-30-51(46)64-52-29-14-13-25-48(52)56-54(64)36-34-49-55-44-24-12-11-18-39(44)32-35-53(55)63(57(49)56)43-33-31-38-17-9-10-23-42(38)37-43/h2-37,59,61H,1H3/b50-2+,62-58?. The van der Waals surface area contributed by atoms with Gasteiger partial charge in [0, 0.05) is 49.4 Å². The number of halogens is 1. The molecule has 1 N–H and O–H groups in total. The van der Waals surface area contributed by atoms with Crippen molar-refractivity contribution in [3.05, 3.63) is 235 Å². The van der Waals surface area contributed by atoms with E-state index >= 15 is 0 Å². The van der Waals surface area contributed by atoms with Crippen LogP contribution in [0.3, 0.4) is 0 Å². The number of allylic oxidation sites excluding steroid dienone is 1. The summed E-state index contributed by atoms with van der Waals surface area (Å²) in [6.07, 6.45) is 1.77. The summed E-state index contributed by atoms with van der Waals surface area (Å²) >= 11 is 2.39. The summed E-state index contributed by atoms with van der Waals surface area (Å²) in [5.41, 5.74) is 11.3. The number of para-hydroxylation sites is 1. The zero-order valence-electron chi connectivity index (χ0n) is 35.1. The lowest BCUT2D eigenvalue weighted by molar-refractivity contribution is 0.677. The van der Waals surface area contributed by atoms with Crippen LogP contribution in [0.4, 0.5) is 0 Å². The Morgan fingerprint density at radius 1 is 0.484 bits per heavy atom. The van der Waals surface area contributed by atoms with E-state index in [1.807, 2.05) is 6.07 Å². The van der Waals surface area contributed by atoms with Crippen LogP contribution in [0.15, 0.2) is 223 Å². The van der Waals surface area contributed by atoms with Crippen LogP contribution in [0, 0.1) is 0 Å². The van der Waals surface area contributed by atoms with Gasteiger partial charge in [0.15, 0.2) is 0 Å². The molecular formula is C59H41IN4. The predicted octanol–water partition coefficient (Wildman–Crippen LogP) is 15.9. The first-order valence-corrected chi connectivity index (χ1v) is 22.9. The van der Waals surface area contributed by atoms with Gasteiger partial charge in [-0.3, -0.25) is 0 Å². The minimum Gasteiger partial charge on any atom is -0.360 e. The van der Waals surface area contributed by atoms with Crippen LogP contribution in [0.2, 0.25) is 0 Å². The molecule has 0 spiro atoms. The largest absolute Gasteiger partial charge is 0.360 e. The molecular weight excluding hydrogens is 892 g/mol. The van der Waals surface area contributed by atoms with E-state index < -0.39 is 0 Å². The SMILES string of the molecule is C/C=C(/NC(N=C(I)c1ccccc1)c1cccc2c(-n3c4ccccc4c4c3ccc3c5c6ccccc6ccc5n(-c5ccc6ccccc6c5)c34)cccc12)c1ccccc1. The van der Waals surface area contributed by atoms with Crippen molar-refractivity contribution in [2.45, 2.75) is 13.1 Å². The van der Waals surface area contributed by atoms with E-state index in [0.29, 0.717) is 0 Å². The number of aliphatic imine (C=N–C) groups is 1. The number of benzene rings is 10. The molecule has 0 aliphatic heterocycles. The molecule has 12 aromatic rings. The van der Waals surface area contributed by atoms with Crippen molar-refractivity contribution >= 4 is 108 Å². The van der Waals surface area contributed by atoms with Gasteiger partial charge in [0.25, 0.3) is 0 Å².